The summed E-state index contributed by atoms with van der Waals surface area (Å²) in [6, 6.07) is 11.5. The van der Waals surface area contributed by atoms with Gasteiger partial charge in [-0.15, -0.1) is 11.8 Å². The van der Waals surface area contributed by atoms with Crippen LogP contribution in [0.1, 0.15) is 32.6 Å². The summed E-state index contributed by atoms with van der Waals surface area (Å²) >= 11 is 1.41. The molecule has 1 saturated heterocycles. The van der Waals surface area contributed by atoms with Gasteiger partial charge < -0.3 is 15.0 Å². The highest BCUT2D eigenvalue weighted by atomic mass is 32.2. The zero-order chi connectivity index (χ0) is 22.9. The normalized spacial score (nSPS) is 19.7. The molecule has 0 bridgehead atoms. The minimum Gasteiger partial charge on any atom is -0.465 e. The van der Waals surface area contributed by atoms with Gasteiger partial charge in [-0.05, 0) is 31.9 Å². The Hall–Kier alpha value is -2.41. The Morgan fingerprint density at radius 3 is 2.68 bits per heavy atom. The van der Waals surface area contributed by atoms with Gasteiger partial charge >= 0.3 is 12.1 Å². The van der Waals surface area contributed by atoms with Gasteiger partial charge in [-0.2, -0.15) is 18.4 Å². The molecular weight excluding hydrogens is 431 g/mol. The first-order chi connectivity index (χ1) is 14.7. The lowest BCUT2D eigenvalue weighted by molar-refractivity contribution is -0.152. The highest BCUT2D eigenvalue weighted by Gasteiger charge is 2.41. The van der Waals surface area contributed by atoms with Gasteiger partial charge in [0.25, 0.3) is 0 Å². The summed E-state index contributed by atoms with van der Waals surface area (Å²) in [5.74, 6) is -2.02. The van der Waals surface area contributed by atoms with E-state index in [9.17, 15) is 28.0 Å². The van der Waals surface area contributed by atoms with Gasteiger partial charge in [0.15, 0.2) is 0 Å². The number of carbonyl (C=O) groups excluding carboxylic acids is 2. The van der Waals surface area contributed by atoms with Gasteiger partial charge in [0.05, 0.1) is 23.3 Å². The van der Waals surface area contributed by atoms with Crippen molar-refractivity contribution in [3.05, 3.63) is 30.3 Å². The number of ether oxygens (including phenoxy) is 1. The van der Waals surface area contributed by atoms with Gasteiger partial charge in [-0.25, -0.2) is 0 Å². The number of nitrogens with one attached hydrogen (secondary N) is 1. The van der Waals surface area contributed by atoms with E-state index in [1.165, 1.54) is 11.8 Å². The number of rotatable bonds is 11. The second-order valence-electron chi connectivity index (χ2n) is 7.09. The van der Waals surface area contributed by atoms with Crippen molar-refractivity contribution in [2.75, 3.05) is 25.0 Å². The topological polar surface area (TPSA) is 82.4 Å². The van der Waals surface area contributed by atoms with Crippen LogP contribution < -0.4 is 5.32 Å². The third-order valence-corrected chi connectivity index (χ3v) is 6.33. The summed E-state index contributed by atoms with van der Waals surface area (Å²) in [6.45, 7) is 2.48. The van der Waals surface area contributed by atoms with Crippen molar-refractivity contribution in [3.63, 3.8) is 0 Å². The summed E-state index contributed by atoms with van der Waals surface area (Å²) in [5, 5.41) is 12.0. The van der Waals surface area contributed by atoms with Crippen LogP contribution in [-0.2, 0) is 14.3 Å². The SMILES string of the molecule is CCN1C(=O)C(CCNc2ccccc2)SC1CC(C#N)C(=O)OCCCC(F)(F)F. The van der Waals surface area contributed by atoms with E-state index in [-0.39, 0.29) is 29.4 Å². The van der Waals surface area contributed by atoms with Crippen LogP contribution in [0.2, 0.25) is 0 Å². The molecule has 1 fully saturated rings. The molecule has 1 N–H and O–H groups in total. The number of halogens is 3. The molecule has 1 aromatic rings. The molecule has 0 spiro atoms. The molecule has 0 saturated carbocycles. The highest BCUT2D eigenvalue weighted by Crippen LogP contribution is 2.37. The van der Waals surface area contributed by atoms with E-state index in [1.54, 1.807) is 4.90 Å². The maximum absolute atomic E-state index is 12.7. The summed E-state index contributed by atoms with van der Waals surface area (Å²) in [4.78, 5) is 26.5. The zero-order valence-electron chi connectivity index (χ0n) is 17.2. The van der Waals surface area contributed by atoms with Crippen molar-refractivity contribution in [1.82, 2.24) is 4.90 Å². The van der Waals surface area contributed by atoms with Gasteiger partial charge in [-0.3, -0.25) is 9.59 Å². The minimum atomic E-state index is -4.31. The molecule has 31 heavy (non-hydrogen) atoms. The molecule has 10 heteroatoms. The van der Waals surface area contributed by atoms with E-state index >= 15 is 0 Å². The number of amides is 1. The molecule has 1 aliphatic rings. The number of hydrogen-bond acceptors (Lipinski definition) is 6. The van der Waals surface area contributed by atoms with Crippen LogP contribution >= 0.6 is 11.8 Å². The number of benzene rings is 1. The average molecular weight is 458 g/mol. The second-order valence-corrected chi connectivity index (χ2v) is 8.47. The van der Waals surface area contributed by atoms with Gasteiger partial charge in [-0.1, -0.05) is 18.2 Å². The number of nitrogens with zero attached hydrogens (tertiary/aromatic N) is 2. The molecule has 1 aliphatic heterocycles. The summed E-state index contributed by atoms with van der Waals surface area (Å²) < 4.78 is 41.4. The first-order valence-electron chi connectivity index (χ1n) is 10.1. The highest BCUT2D eigenvalue weighted by molar-refractivity contribution is 8.01. The van der Waals surface area contributed by atoms with E-state index < -0.39 is 31.1 Å². The molecule has 1 amide bonds. The van der Waals surface area contributed by atoms with Crippen LogP contribution in [0.3, 0.4) is 0 Å². The Kier molecular flexibility index (Phi) is 9.49. The Bertz CT molecular complexity index is 771. The number of anilines is 1. The van der Waals surface area contributed by atoms with Crippen LogP contribution in [-0.4, -0.2) is 53.3 Å². The quantitative estimate of drug-likeness (QED) is 0.396. The molecule has 6 nitrogen and oxygen atoms in total. The fourth-order valence-electron chi connectivity index (χ4n) is 3.23. The first-order valence-corrected chi connectivity index (χ1v) is 11.1. The summed E-state index contributed by atoms with van der Waals surface area (Å²) in [6.07, 6.45) is -5.03. The maximum atomic E-state index is 12.7. The molecule has 3 unspecified atom stereocenters. The number of hydrogen-bond donors (Lipinski definition) is 1. The van der Waals surface area contributed by atoms with Crippen molar-refractivity contribution in [2.24, 2.45) is 5.92 Å². The van der Waals surface area contributed by atoms with Crippen LogP contribution in [0.4, 0.5) is 18.9 Å². The lowest BCUT2D eigenvalue weighted by Crippen LogP contribution is -2.36. The van der Waals surface area contributed by atoms with E-state index in [4.69, 9.17) is 4.74 Å². The Morgan fingerprint density at radius 2 is 2.06 bits per heavy atom. The molecular formula is C21H26F3N3O3S. The number of esters is 1. The molecule has 0 radical (unpaired) electrons. The fourth-order valence-corrected chi connectivity index (χ4v) is 4.82. The summed E-state index contributed by atoms with van der Waals surface area (Å²) in [5.41, 5.74) is 0.958. The van der Waals surface area contributed by atoms with Gasteiger partial charge in [0, 0.05) is 31.6 Å². The molecule has 0 aliphatic carbocycles. The van der Waals surface area contributed by atoms with Crippen molar-refractivity contribution >= 4 is 29.3 Å². The molecule has 1 aromatic carbocycles. The monoisotopic (exact) mass is 457 g/mol. The number of carbonyl (C=O) groups is 2. The number of alkyl halides is 3. The molecule has 1 heterocycles. The second kappa shape index (κ2) is 11.8. The van der Waals surface area contributed by atoms with Gasteiger partial charge in [0.1, 0.15) is 5.92 Å². The third kappa shape index (κ3) is 7.98. The van der Waals surface area contributed by atoms with E-state index in [0.29, 0.717) is 19.5 Å². The van der Waals surface area contributed by atoms with Crippen LogP contribution in [0.25, 0.3) is 0 Å². The lowest BCUT2D eigenvalue weighted by Gasteiger charge is -2.23. The van der Waals surface area contributed by atoms with E-state index in [2.05, 4.69) is 5.32 Å². The van der Waals surface area contributed by atoms with E-state index in [1.807, 2.05) is 43.3 Å². The molecule has 0 aromatic heterocycles. The third-order valence-electron chi connectivity index (χ3n) is 4.80. The van der Waals surface area contributed by atoms with Crippen molar-refractivity contribution in [3.8, 4) is 6.07 Å². The van der Waals surface area contributed by atoms with Crippen molar-refractivity contribution in [2.45, 2.75) is 49.4 Å². The molecule has 170 valence electrons. The summed E-state index contributed by atoms with van der Waals surface area (Å²) in [7, 11) is 0. The number of nitriles is 1. The van der Waals surface area contributed by atoms with Crippen LogP contribution in [0.15, 0.2) is 30.3 Å². The Balaban J connectivity index is 1.84. The largest absolute Gasteiger partial charge is 0.465 e. The maximum Gasteiger partial charge on any atom is 0.389 e. The smallest absolute Gasteiger partial charge is 0.389 e. The first kappa shape index (κ1) is 24.9. The zero-order valence-corrected chi connectivity index (χ0v) is 18.0. The average Bonchev–Trinajstić information content (AvgIpc) is 3.03. The Labute approximate surface area is 184 Å². The standard InChI is InChI=1S/C21H26F3N3O3S/c1-2-27-18(13-15(14-25)20(29)30-12-6-10-21(22,23)24)31-17(19(27)28)9-11-26-16-7-4-3-5-8-16/h3-5,7-8,15,17-18,26H,2,6,9-13H2,1H3. The number of para-hydroxylation sites is 1. The van der Waals surface area contributed by atoms with Gasteiger partial charge in [0.2, 0.25) is 5.91 Å². The predicted molar refractivity (Wildman–Crippen MR) is 112 cm³/mol. The predicted octanol–water partition coefficient (Wildman–Crippen LogP) is 4.19. The molecule has 2 rings (SSSR count). The fraction of sp³-hybridized carbons (Fsp3) is 0.571. The molecule has 3 atom stereocenters. The minimum absolute atomic E-state index is 0.0393. The van der Waals surface area contributed by atoms with Crippen molar-refractivity contribution in [1.29, 1.82) is 5.26 Å². The van der Waals surface area contributed by atoms with E-state index in [0.717, 1.165) is 5.69 Å². The Morgan fingerprint density at radius 1 is 1.35 bits per heavy atom. The van der Waals surface area contributed by atoms with Crippen LogP contribution in [0, 0.1) is 17.2 Å². The van der Waals surface area contributed by atoms with Crippen molar-refractivity contribution < 1.29 is 27.5 Å². The van der Waals surface area contributed by atoms with Crippen LogP contribution in [0.5, 0.6) is 0 Å². The number of thioether (sulfide) groups is 1. The lowest BCUT2D eigenvalue weighted by atomic mass is 10.1.